The van der Waals surface area contributed by atoms with Gasteiger partial charge in [-0.3, -0.25) is 19.8 Å². The lowest BCUT2D eigenvalue weighted by atomic mass is 9.99. The van der Waals surface area contributed by atoms with Crippen LogP contribution in [-0.4, -0.2) is 22.7 Å². The molecule has 1 N–H and O–H groups in total. The first-order valence-electron chi connectivity index (χ1n) is 11.1. The molecule has 2 heterocycles. The highest BCUT2D eigenvalue weighted by Gasteiger charge is 2.36. The number of carbonyl (C=O) groups is 3. The van der Waals surface area contributed by atoms with Crippen molar-refractivity contribution in [3.63, 3.8) is 0 Å². The molecule has 1 aromatic heterocycles. The molecule has 7 nitrogen and oxygen atoms in total. The highest BCUT2D eigenvalue weighted by Crippen LogP contribution is 2.32. The van der Waals surface area contributed by atoms with E-state index in [-0.39, 0.29) is 12.1 Å². The van der Waals surface area contributed by atoms with E-state index in [0.29, 0.717) is 23.7 Å². The van der Waals surface area contributed by atoms with Crippen molar-refractivity contribution in [1.29, 1.82) is 0 Å². The van der Waals surface area contributed by atoms with E-state index in [1.807, 2.05) is 67.6 Å². The minimum Gasteiger partial charge on any atom is -0.488 e. The summed E-state index contributed by atoms with van der Waals surface area (Å²) in [6, 6.07) is 21.9. The van der Waals surface area contributed by atoms with Gasteiger partial charge >= 0.3 is 6.03 Å². The molecule has 0 bridgehead atoms. The summed E-state index contributed by atoms with van der Waals surface area (Å²) in [4.78, 5) is 39.3. The molecule has 3 aromatic carbocycles. The van der Waals surface area contributed by atoms with Gasteiger partial charge in [0.25, 0.3) is 11.8 Å². The van der Waals surface area contributed by atoms with Crippen LogP contribution >= 0.6 is 0 Å². The van der Waals surface area contributed by atoms with Gasteiger partial charge in [0.2, 0.25) is 0 Å². The van der Waals surface area contributed by atoms with E-state index in [1.165, 1.54) is 12.3 Å². The van der Waals surface area contributed by atoms with Crippen molar-refractivity contribution >= 4 is 34.7 Å². The van der Waals surface area contributed by atoms with Crippen LogP contribution in [0.15, 0.2) is 89.0 Å². The molecule has 1 fully saturated rings. The SMILES string of the molecule is Cc1cccc(COc2ccc3ccccc3c2/C=C2\C(=O)NC(=O)N(Cc3ccco3)C2=O)c1. The summed E-state index contributed by atoms with van der Waals surface area (Å²) >= 11 is 0. The van der Waals surface area contributed by atoms with Gasteiger partial charge in [-0.2, -0.15) is 0 Å². The van der Waals surface area contributed by atoms with Gasteiger partial charge in [-0.15, -0.1) is 0 Å². The first-order chi connectivity index (χ1) is 17.0. The molecule has 1 aliphatic heterocycles. The summed E-state index contributed by atoms with van der Waals surface area (Å²) in [5.41, 5.74) is 2.55. The normalized spacial score (nSPS) is 15.1. The molecule has 1 aliphatic rings. The van der Waals surface area contributed by atoms with Crippen LogP contribution in [0, 0.1) is 6.92 Å². The first kappa shape index (κ1) is 22.2. The van der Waals surface area contributed by atoms with E-state index in [9.17, 15) is 14.4 Å². The van der Waals surface area contributed by atoms with Crippen LogP contribution in [0.2, 0.25) is 0 Å². The van der Waals surface area contributed by atoms with Crippen molar-refractivity contribution in [3.8, 4) is 5.75 Å². The second kappa shape index (κ2) is 9.30. The predicted octanol–water partition coefficient (Wildman–Crippen LogP) is 4.98. The maximum atomic E-state index is 13.2. The third-order valence-corrected chi connectivity index (χ3v) is 5.78. The first-order valence-corrected chi connectivity index (χ1v) is 11.1. The number of aryl methyl sites for hydroxylation is 1. The van der Waals surface area contributed by atoms with E-state index in [0.717, 1.165) is 26.8 Å². The molecular formula is C28H22N2O5. The molecule has 4 aromatic rings. The Balaban J connectivity index is 1.54. The number of nitrogens with one attached hydrogen (secondary N) is 1. The minimum absolute atomic E-state index is 0.0888. The van der Waals surface area contributed by atoms with Gasteiger partial charge < -0.3 is 9.15 Å². The summed E-state index contributed by atoms with van der Waals surface area (Å²) in [5, 5.41) is 3.99. The Bertz CT molecular complexity index is 1470. The zero-order valence-corrected chi connectivity index (χ0v) is 19.0. The number of amides is 4. The summed E-state index contributed by atoms with van der Waals surface area (Å²) in [6.07, 6.45) is 2.95. The molecule has 0 spiro atoms. The zero-order chi connectivity index (χ0) is 24.4. The smallest absolute Gasteiger partial charge is 0.331 e. The van der Waals surface area contributed by atoms with Crippen LogP contribution in [0.25, 0.3) is 16.8 Å². The van der Waals surface area contributed by atoms with Crippen LogP contribution in [0.4, 0.5) is 4.79 Å². The maximum Gasteiger partial charge on any atom is 0.331 e. The van der Waals surface area contributed by atoms with Crippen molar-refractivity contribution in [2.24, 2.45) is 0 Å². The van der Waals surface area contributed by atoms with Crippen molar-refractivity contribution < 1.29 is 23.5 Å². The highest BCUT2D eigenvalue weighted by atomic mass is 16.5. The maximum absolute atomic E-state index is 13.2. The molecule has 5 rings (SSSR count). The van der Waals surface area contributed by atoms with Gasteiger partial charge in [-0.1, -0.05) is 60.2 Å². The van der Waals surface area contributed by atoms with Gasteiger partial charge in [0.15, 0.2) is 0 Å². The summed E-state index contributed by atoms with van der Waals surface area (Å²) in [7, 11) is 0. The van der Waals surface area contributed by atoms with Gasteiger partial charge in [0.05, 0.1) is 12.8 Å². The van der Waals surface area contributed by atoms with E-state index in [1.54, 1.807) is 12.1 Å². The quantitative estimate of drug-likeness (QED) is 0.320. The number of urea groups is 1. The Hall–Kier alpha value is -4.65. The number of hydrogen-bond donors (Lipinski definition) is 1. The number of fused-ring (bicyclic) bond motifs is 1. The van der Waals surface area contributed by atoms with Crippen molar-refractivity contribution in [3.05, 3.63) is 107 Å². The number of imide groups is 2. The number of carbonyl (C=O) groups excluding carboxylic acids is 3. The fourth-order valence-electron chi connectivity index (χ4n) is 4.05. The van der Waals surface area contributed by atoms with E-state index >= 15 is 0 Å². The molecule has 0 aliphatic carbocycles. The monoisotopic (exact) mass is 466 g/mol. The number of hydrogen-bond acceptors (Lipinski definition) is 5. The molecule has 0 saturated carbocycles. The average Bonchev–Trinajstić information content (AvgIpc) is 3.37. The van der Waals surface area contributed by atoms with Crippen LogP contribution in [0.1, 0.15) is 22.5 Å². The number of furan rings is 1. The Labute approximate surface area is 201 Å². The predicted molar refractivity (Wildman–Crippen MR) is 130 cm³/mol. The second-order valence-electron chi connectivity index (χ2n) is 8.26. The molecule has 4 amide bonds. The Morgan fingerprint density at radius 2 is 1.83 bits per heavy atom. The third kappa shape index (κ3) is 4.56. The topological polar surface area (TPSA) is 88.8 Å². The Morgan fingerprint density at radius 3 is 2.63 bits per heavy atom. The molecule has 0 atom stereocenters. The number of rotatable bonds is 6. The molecule has 174 valence electrons. The van der Waals surface area contributed by atoms with Gasteiger partial charge in [-0.25, -0.2) is 4.79 Å². The van der Waals surface area contributed by atoms with Crippen molar-refractivity contribution in [2.45, 2.75) is 20.1 Å². The van der Waals surface area contributed by atoms with E-state index < -0.39 is 17.8 Å². The van der Waals surface area contributed by atoms with Crippen LogP contribution in [-0.2, 0) is 22.7 Å². The number of ether oxygens (including phenoxy) is 1. The third-order valence-electron chi connectivity index (χ3n) is 5.78. The Kier molecular flexibility index (Phi) is 5.89. The van der Waals surface area contributed by atoms with E-state index in [2.05, 4.69) is 5.32 Å². The zero-order valence-electron chi connectivity index (χ0n) is 19.0. The standard InChI is InChI=1S/C28H22N2O5/c1-18-6-4-7-19(14-18)17-35-25-12-11-20-8-2-3-10-22(20)23(25)15-24-26(31)29-28(33)30(27(24)32)16-21-9-5-13-34-21/h2-15H,16-17H2,1H3,(H,29,31,33)/b24-15+. The molecule has 0 unspecified atom stereocenters. The highest BCUT2D eigenvalue weighted by molar-refractivity contribution is 6.31. The molecular weight excluding hydrogens is 444 g/mol. The molecule has 0 radical (unpaired) electrons. The summed E-state index contributed by atoms with van der Waals surface area (Å²) in [6.45, 7) is 2.24. The summed E-state index contributed by atoms with van der Waals surface area (Å²) < 4.78 is 11.4. The van der Waals surface area contributed by atoms with Crippen LogP contribution in [0.3, 0.4) is 0 Å². The largest absolute Gasteiger partial charge is 0.488 e. The number of benzene rings is 3. The minimum atomic E-state index is -0.789. The number of barbiturate groups is 1. The van der Waals surface area contributed by atoms with Gasteiger partial charge in [-0.05, 0) is 47.5 Å². The number of nitrogens with zero attached hydrogens (tertiary/aromatic N) is 1. The second-order valence-corrected chi connectivity index (χ2v) is 8.26. The van der Waals surface area contributed by atoms with Crippen LogP contribution < -0.4 is 10.1 Å². The molecule has 7 heteroatoms. The van der Waals surface area contributed by atoms with E-state index in [4.69, 9.17) is 9.15 Å². The van der Waals surface area contributed by atoms with Crippen molar-refractivity contribution in [2.75, 3.05) is 0 Å². The lowest BCUT2D eigenvalue weighted by Gasteiger charge is -2.25. The fourth-order valence-corrected chi connectivity index (χ4v) is 4.05. The molecule has 1 saturated heterocycles. The lowest BCUT2D eigenvalue weighted by molar-refractivity contribution is -0.130. The van der Waals surface area contributed by atoms with Crippen LogP contribution in [0.5, 0.6) is 5.75 Å². The van der Waals surface area contributed by atoms with Crippen molar-refractivity contribution in [1.82, 2.24) is 10.2 Å². The lowest BCUT2D eigenvalue weighted by Crippen LogP contribution is -2.53. The fraction of sp³-hybridized carbons (Fsp3) is 0.107. The molecule has 35 heavy (non-hydrogen) atoms. The summed E-state index contributed by atoms with van der Waals surface area (Å²) in [5.74, 6) is -0.511. The van der Waals surface area contributed by atoms with Gasteiger partial charge in [0.1, 0.15) is 23.7 Å². The van der Waals surface area contributed by atoms with Gasteiger partial charge in [0, 0.05) is 5.56 Å². The Morgan fingerprint density at radius 1 is 0.971 bits per heavy atom. The average molecular weight is 466 g/mol.